The smallest absolute Gasteiger partial charge is 0.297 e. The highest BCUT2D eigenvalue weighted by Gasteiger charge is 2.45. The molecule has 1 aromatic rings. The van der Waals surface area contributed by atoms with Crippen LogP contribution in [0.2, 0.25) is 10.0 Å². The van der Waals surface area contributed by atoms with E-state index >= 15 is 0 Å². The second-order valence-electron chi connectivity index (χ2n) is 5.31. The van der Waals surface area contributed by atoms with E-state index in [9.17, 15) is 27.2 Å². The third-order valence-electron chi connectivity index (χ3n) is 3.46. The molecule has 0 aliphatic heterocycles. The summed E-state index contributed by atoms with van der Waals surface area (Å²) < 4.78 is 51.9. The molecule has 10 heteroatoms. The molecule has 1 aliphatic carbocycles. The Morgan fingerprint density at radius 3 is 2.36 bits per heavy atom. The first-order chi connectivity index (χ1) is 11.6. The van der Waals surface area contributed by atoms with E-state index in [0.717, 1.165) is 12.1 Å². The zero-order chi connectivity index (χ0) is 18.9. The number of alkyl halides is 4. The molecule has 0 bridgehead atoms. The molecular weight excluding hydrogens is 405 g/mol. The van der Waals surface area contributed by atoms with Crippen molar-refractivity contribution >= 4 is 46.5 Å². The summed E-state index contributed by atoms with van der Waals surface area (Å²) in [4.78, 5) is 23.8. The topological polar surface area (TPSA) is 57.9 Å². The second-order valence-corrected chi connectivity index (χ2v) is 7.25. The van der Waals surface area contributed by atoms with Crippen LogP contribution in [0, 0.1) is 23.2 Å². The Balaban J connectivity index is 2.46. The van der Waals surface area contributed by atoms with E-state index in [1.54, 1.807) is 6.07 Å². The van der Waals surface area contributed by atoms with E-state index in [4.69, 9.17) is 28.5 Å². The highest BCUT2D eigenvalue weighted by atomic mass is 35.5. The van der Waals surface area contributed by atoms with Crippen molar-refractivity contribution in [3.05, 3.63) is 27.7 Å². The molecule has 1 aromatic carbocycles. The maximum atomic E-state index is 13.4. The molecular formula is C15H9Cl2F4NO2S. The molecule has 1 unspecified atom stereocenters. The Labute approximate surface area is 154 Å². The van der Waals surface area contributed by atoms with Gasteiger partial charge in [-0.1, -0.05) is 23.2 Å². The molecule has 0 amide bonds. The molecule has 2 rings (SSSR count). The van der Waals surface area contributed by atoms with Gasteiger partial charge in [-0.15, -0.1) is 0 Å². The predicted octanol–water partition coefficient (Wildman–Crippen LogP) is 5.24. The number of nitriles is 1. The van der Waals surface area contributed by atoms with Gasteiger partial charge in [0.2, 0.25) is 0 Å². The van der Waals surface area contributed by atoms with Crippen molar-refractivity contribution in [2.24, 2.45) is 11.8 Å². The van der Waals surface area contributed by atoms with Crippen LogP contribution in [0.3, 0.4) is 0 Å². The molecule has 0 radical (unpaired) electrons. The summed E-state index contributed by atoms with van der Waals surface area (Å²) >= 11 is 10.9. The number of carbonyl (C=O) groups excluding carboxylic acids is 2. The minimum absolute atomic E-state index is 0.229. The van der Waals surface area contributed by atoms with Gasteiger partial charge in [0.15, 0.2) is 17.5 Å². The molecule has 1 aliphatic rings. The zero-order valence-corrected chi connectivity index (χ0v) is 14.6. The third-order valence-corrected chi connectivity index (χ3v) is 5.46. The molecule has 1 fully saturated rings. The molecule has 0 spiro atoms. The van der Waals surface area contributed by atoms with Gasteiger partial charge in [0.25, 0.3) is 0 Å². The van der Waals surface area contributed by atoms with E-state index in [0.29, 0.717) is 12.8 Å². The van der Waals surface area contributed by atoms with E-state index in [-0.39, 0.29) is 5.02 Å². The number of benzene rings is 1. The lowest BCUT2D eigenvalue weighted by atomic mass is 9.92. The van der Waals surface area contributed by atoms with Crippen molar-refractivity contribution in [3.8, 4) is 6.07 Å². The summed E-state index contributed by atoms with van der Waals surface area (Å²) in [6, 6.07) is 3.65. The number of nitrogens with zero attached hydrogens (tertiary/aromatic N) is 1. The van der Waals surface area contributed by atoms with Crippen molar-refractivity contribution < 1.29 is 27.2 Å². The van der Waals surface area contributed by atoms with Crippen LogP contribution >= 0.6 is 35.0 Å². The number of ketones is 2. The van der Waals surface area contributed by atoms with Gasteiger partial charge in [0.1, 0.15) is 0 Å². The Bertz CT molecular complexity index is 763. The SMILES string of the molecule is N#CC(C(=O)c1ccc(Cl)c(Cl)c1SC(F)(F)C(F)F)C(=O)C1CC1. The summed E-state index contributed by atoms with van der Waals surface area (Å²) in [5.74, 6) is -3.81. The fourth-order valence-electron chi connectivity index (χ4n) is 2.02. The fraction of sp³-hybridized carbons (Fsp3) is 0.400. The quantitative estimate of drug-likeness (QED) is 0.265. The first-order valence-electron chi connectivity index (χ1n) is 6.90. The molecule has 0 aromatic heterocycles. The Hall–Kier alpha value is -1.30. The van der Waals surface area contributed by atoms with Crippen LogP contribution in [0.4, 0.5) is 17.6 Å². The normalized spacial score (nSPS) is 15.8. The average molecular weight is 414 g/mol. The number of Topliss-reactive ketones (excluding diaryl/α,β-unsaturated/α-hetero) is 2. The minimum atomic E-state index is -4.54. The maximum absolute atomic E-state index is 13.4. The zero-order valence-electron chi connectivity index (χ0n) is 12.2. The number of hydrogen-bond donors (Lipinski definition) is 0. The summed E-state index contributed by atoms with van der Waals surface area (Å²) in [5.41, 5.74) is -0.514. The van der Waals surface area contributed by atoms with Gasteiger partial charge in [-0.2, -0.15) is 14.0 Å². The Kier molecular flexibility index (Phi) is 6.02. The highest BCUT2D eigenvalue weighted by molar-refractivity contribution is 8.00. The largest absolute Gasteiger partial charge is 0.357 e. The first-order valence-corrected chi connectivity index (χ1v) is 8.48. The molecule has 0 N–H and O–H groups in total. The lowest BCUT2D eigenvalue weighted by molar-refractivity contribution is -0.121. The van der Waals surface area contributed by atoms with Gasteiger partial charge in [0.05, 0.1) is 16.1 Å². The Morgan fingerprint density at radius 1 is 1.28 bits per heavy atom. The summed E-state index contributed by atoms with van der Waals surface area (Å²) in [6.07, 6.45) is -2.94. The number of thioether (sulfide) groups is 1. The lowest BCUT2D eigenvalue weighted by Gasteiger charge is -2.18. The standard InChI is InChI=1S/C15H9Cl2F4NO2S/c16-9-4-3-7(12(24)8(5-22)11(23)6-1-2-6)13(10(9)17)25-15(20,21)14(18)19/h3-4,6,8,14H,1-2H2. The molecule has 3 nitrogen and oxygen atoms in total. The van der Waals surface area contributed by atoms with Crippen molar-refractivity contribution in [3.63, 3.8) is 0 Å². The minimum Gasteiger partial charge on any atom is -0.297 e. The number of hydrogen-bond acceptors (Lipinski definition) is 4. The van der Waals surface area contributed by atoms with E-state index in [1.165, 1.54) is 0 Å². The van der Waals surface area contributed by atoms with Crippen molar-refractivity contribution in [2.75, 3.05) is 0 Å². The molecule has 134 valence electrons. The van der Waals surface area contributed by atoms with Crippen LogP contribution in [-0.4, -0.2) is 23.2 Å². The van der Waals surface area contributed by atoms with Crippen molar-refractivity contribution in [1.29, 1.82) is 5.26 Å². The van der Waals surface area contributed by atoms with Crippen molar-refractivity contribution in [1.82, 2.24) is 0 Å². The van der Waals surface area contributed by atoms with Gasteiger partial charge in [0, 0.05) is 16.4 Å². The summed E-state index contributed by atoms with van der Waals surface area (Å²) in [6.45, 7) is 0. The molecule has 1 atom stereocenters. The first kappa shape index (κ1) is 20.0. The maximum Gasteiger partial charge on any atom is 0.357 e. The van der Waals surface area contributed by atoms with Crippen LogP contribution in [0.25, 0.3) is 0 Å². The molecule has 0 saturated heterocycles. The fourth-order valence-corrected chi connectivity index (χ4v) is 3.35. The van der Waals surface area contributed by atoms with Crippen LogP contribution in [0.15, 0.2) is 17.0 Å². The van der Waals surface area contributed by atoms with Gasteiger partial charge < -0.3 is 0 Å². The number of rotatable bonds is 7. The van der Waals surface area contributed by atoms with Gasteiger partial charge >= 0.3 is 11.7 Å². The van der Waals surface area contributed by atoms with Crippen LogP contribution in [0.5, 0.6) is 0 Å². The van der Waals surface area contributed by atoms with Crippen LogP contribution in [0.1, 0.15) is 23.2 Å². The highest BCUT2D eigenvalue weighted by Crippen LogP contribution is 2.47. The second kappa shape index (κ2) is 7.52. The van der Waals surface area contributed by atoms with E-state index in [1.807, 2.05) is 0 Å². The number of halogens is 6. The average Bonchev–Trinajstić information content (AvgIpc) is 3.37. The monoisotopic (exact) mass is 413 g/mol. The molecule has 0 heterocycles. The molecule has 25 heavy (non-hydrogen) atoms. The van der Waals surface area contributed by atoms with Crippen LogP contribution < -0.4 is 0 Å². The third kappa shape index (κ3) is 4.27. The van der Waals surface area contributed by atoms with Gasteiger partial charge in [-0.3, -0.25) is 9.59 Å². The van der Waals surface area contributed by atoms with E-state index in [2.05, 4.69) is 0 Å². The van der Waals surface area contributed by atoms with Crippen LogP contribution in [-0.2, 0) is 4.79 Å². The Morgan fingerprint density at radius 2 is 1.88 bits per heavy atom. The van der Waals surface area contributed by atoms with Gasteiger partial charge in [-0.25, -0.2) is 8.78 Å². The molecule has 1 saturated carbocycles. The summed E-state index contributed by atoms with van der Waals surface area (Å²) in [5, 5.41) is 3.83. The van der Waals surface area contributed by atoms with Gasteiger partial charge in [-0.05, 0) is 36.7 Å². The van der Waals surface area contributed by atoms with E-state index < -0.39 is 62.3 Å². The number of carbonyl (C=O) groups is 2. The van der Waals surface area contributed by atoms with Crippen molar-refractivity contribution in [2.45, 2.75) is 29.4 Å². The lowest BCUT2D eigenvalue weighted by Crippen LogP contribution is -2.26. The summed E-state index contributed by atoms with van der Waals surface area (Å²) in [7, 11) is 0. The predicted molar refractivity (Wildman–Crippen MR) is 84.4 cm³/mol.